The molecule has 0 spiro atoms. The van der Waals surface area contributed by atoms with Crippen molar-refractivity contribution in [2.45, 2.75) is 26.2 Å². The molecule has 0 aliphatic carbocycles. The summed E-state index contributed by atoms with van der Waals surface area (Å²) in [5, 5.41) is 4.42. The lowest BCUT2D eigenvalue weighted by atomic mass is 10.7. The van der Waals surface area contributed by atoms with Gasteiger partial charge in [-0.3, -0.25) is 0 Å². The lowest BCUT2D eigenvalue weighted by molar-refractivity contribution is 1.85. The fraction of sp³-hybridized carbons (Fsp3) is 0.250. The summed E-state index contributed by atoms with van der Waals surface area (Å²) in [7, 11) is -2.97. The standard InChI is InChI=1S/C16H20S3Si2/c1-20(2,13-7-5-11-17-13)15-9-10-16(19-15)21(3,4)14-8-6-12-18-14/h5-12H,1-4H3. The van der Waals surface area contributed by atoms with Crippen molar-refractivity contribution >= 4 is 68.2 Å². The first-order chi connectivity index (χ1) is 9.92. The monoisotopic (exact) mass is 364 g/mol. The highest BCUT2D eigenvalue weighted by molar-refractivity contribution is 7.43. The van der Waals surface area contributed by atoms with Crippen LogP contribution in [-0.4, -0.2) is 16.1 Å². The van der Waals surface area contributed by atoms with Gasteiger partial charge in [-0.05, 0) is 28.8 Å². The molecular weight excluding hydrogens is 345 g/mol. The molecule has 0 saturated heterocycles. The van der Waals surface area contributed by atoms with Crippen LogP contribution in [0.2, 0.25) is 26.2 Å². The van der Waals surface area contributed by atoms with Crippen LogP contribution in [-0.2, 0) is 0 Å². The highest BCUT2D eigenvalue weighted by Crippen LogP contribution is 2.15. The van der Waals surface area contributed by atoms with Crippen LogP contribution < -0.4 is 18.0 Å². The molecule has 3 aromatic heterocycles. The fourth-order valence-corrected chi connectivity index (χ4v) is 13.9. The third kappa shape index (κ3) is 2.77. The van der Waals surface area contributed by atoms with Crippen molar-refractivity contribution in [2.24, 2.45) is 0 Å². The number of thiophene rings is 3. The highest BCUT2D eigenvalue weighted by atomic mass is 32.1. The minimum atomic E-state index is -1.48. The topological polar surface area (TPSA) is 0 Å². The molecule has 0 bridgehead atoms. The van der Waals surface area contributed by atoms with Gasteiger partial charge in [-0.1, -0.05) is 62.6 Å². The van der Waals surface area contributed by atoms with E-state index in [0.29, 0.717) is 0 Å². The lowest BCUT2D eigenvalue weighted by Gasteiger charge is -2.21. The number of rotatable bonds is 4. The van der Waals surface area contributed by atoms with Crippen LogP contribution >= 0.6 is 34.0 Å². The third-order valence-corrected chi connectivity index (χ3v) is 19.2. The zero-order valence-corrected chi connectivity index (χ0v) is 17.3. The van der Waals surface area contributed by atoms with E-state index in [-0.39, 0.29) is 0 Å². The summed E-state index contributed by atoms with van der Waals surface area (Å²) in [6, 6.07) is 13.8. The molecule has 0 saturated carbocycles. The van der Waals surface area contributed by atoms with Crippen LogP contribution in [0.4, 0.5) is 0 Å². The second-order valence-electron chi connectivity index (χ2n) is 6.37. The van der Waals surface area contributed by atoms with Gasteiger partial charge >= 0.3 is 0 Å². The minimum absolute atomic E-state index is 1.48. The Morgan fingerprint density at radius 2 is 1.05 bits per heavy atom. The Morgan fingerprint density at radius 1 is 0.619 bits per heavy atom. The molecule has 3 heterocycles. The van der Waals surface area contributed by atoms with Gasteiger partial charge in [-0.25, -0.2) is 0 Å². The summed E-state index contributed by atoms with van der Waals surface area (Å²) in [6.45, 7) is 9.92. The fourth-order valence-electron chi connectivity index (χ4n) is 2.52. The van der Waals surface area contributed by atoms with Crippen molar-refractivity contribution in [3.05, 3.63) is 47.2 Å². The summed E-state index contributed by atoms with van der Waals surface area (Å²) >= 11 is 5.92. The summed E-state index contributed by atoms with van der Waals surface area (Å²) in [5.41, 5.74) is 0. The molecule has 0 aromatic carbocycles. The van der Waals surface area contributed by atoms with Crippen LogP contribution in [0, 0.1) is 0 Å². The maximum absolute atomic E-state index is 2.48. The Morgan fingerprint density at radius 3 is 1.38 bits per heavy atom. The molecule has 0 atom stereocenters. The van der Waals surface area contributed by atoms with Crippen molar-refractivity contribution in [3.8, 4) is 0 Å². The van der Waals surface area contributed by atoms with Gasteiger partial charge in [0.25, 0.3) is 0 Å². The molecule has 0 aliphatic rings. The van der Waals surface area contributed by atoms with E-state index in [1.165, 1.54) is 0 Å². The van der Waals surface area contributed by atoms with E-state index >= 15 is 0 Å². The van der Waals surface area contributed by atoms with Crippen molar-refractivity contribution in [1.82, 2.24) is 0 Å². The Balaban J connectivity index is 1.97. The van der Waals surface area contributed by atoms with Crippen LogP contribution in [0.5, 0.6) is 0 Å². The van der Waals surface area contributed by atoms with Gasteiger partial charge < -0.3 is 0 Å². The molecule has 110 valence electrons. The molecule has 0 radical (unpaired) electrons. The van der Waals surface area contributed by atoms with Crippen molar-refractivity contribution in [1.29, 1.82) is 0 Å². The molecule has 0 unspecified atom stereocenters. The largest absolute Gasteiger partial charge is 0.154 e. The highest BCUT2D eigenvalue weighted by Gasteiger charge is 2.33. The quantitative estimate of drug-likeness (QED) is 0.621. The SMILES string of the molecule is C[Si](C)(c1cccs1)c1ccc([Si](C)(C)c2cccs2)s1. The molecular formula is C16H20S3Si2. The maximum Gasteiger partial charge on any atom is 0.137 e. The maximum atomic E-state index is 2.48. The third-order valence-electron chi connectivity index (χ3n) is 4.11. The molecule has 3 rings (SSSR count). The first-order valence-corrected chi connectivity index (χ1v) is 15.7. The Bertz CT molecular complexity index is 646. The normalized spacial score (nSPS) is 12.8. The first-order valence-electron chi connectivity index (χ1n) is 7.11. The molecule has 0 N–H and O–H groups in total. The summed E-state index contributed by atoms with van der Waals surface area (Å²) in [6.07, 6.45) is 0. The average Bonchev–Trinajstić information content (AvgIpc) is 3.19. The smallest absolute Gasteiger partial charge is 0.137 e. The molecule has 0 aliphatic heterocycles. The van der Waals surface area contributed by atoms with Gasteiger partial charge in [0.15, 0.2) is 0 Å². The first kappa shape index (κ1) is 15.4. The zero-order valence-electron chi connectivity index (χ0n) is 12.8. The van der Waals surface area contributed by atoms with Crippen LogP contribution in [0.3, 0.4) is 0 Å². The predicted octanol–water partition coefficient (Wildman–Crippen LogP) is 3.52. The van der Waals surface area contributed by atoms with Gasteiger partial charge in [0.2, 0.25) is 0 Å². The Hall–Kier alpha value is -0.466. The summed E-state index contributed by atoms with van der Waals surface area (Å²) in [4.78, 5) is 0. The predicted molar refractivity (Wildman–Crippen MR) is 106 cm³/mol. The molecule has 3 aromatic rings. The van der Waals surface area contributed by atoms with E-state index in [1.54, 1.807) is 18.0 Å². The van der Waals surface area contributed by atoms with E-state index in [1.807, 2.05) is 22.7 Å². The Labute approximate surface area is 141 Å². The van der Waals surface area contributed by atoms with E-state index in [2.05, 4.69) is 84.7 Å². The van der Waals surface area contributed by atoms with E-state index < -0.39 is 16.1 Å². The molecule has 5 heteroatoms. The minimum Gasteiger partial charge on any atom is -0.154 e. The van der Waals surface area contributed by atoms with Crippen LogP contribution in [0.15, 0.2) is 47.2 Å². The van der Waals surface area contributed by atoms with E-state index in [9.17, 15) is 0 Å². The summed E-state index contributed by atoms with van der Waals surface area (Å²) < 4.78 is 6.42. The number of hydrogen-bond donors (Lipinski definition) is 0. The number of hydrogen-bond acceptors (Lipinski definition) is 3. The van der Waals surface area contributed by atoms with Gasteiger partial charge in [0.05, 0.1) is 0 Å². The molecule has 0 amide bonds. The molecule has 21 heavy (non-hydrogen) atoms. The van der Waals surface area contributed by atoms with Crippen molar-refractivity contribution in [3.63, 3.8) is 0 Å². The van der Waals surface area contributed by atoms with Crippen LogP contribution in [0.1, 0.15) is 0 Å². The van der Waals surface area contributed by atoms with Crippen molar-refractivity contribution < 1.29 is 0 Å². The summed E-state index contributed by atoms with van der Waals surface area (Å²) in [5.74, 6) is 0. The van der Waals surface area contributed by atoms with Gasteiger partial charge in [0, 0.05) is 0 Å². The van der Waals surface area contributed by atoms with E-state index in [0.717, 1.165) is 0 Å². The van der Waals surface area contributed by atoms with Gasteiger partial charge in [0.1, 0.15) is 16.1 Å². The Kier molecular flexibility index (Phi) is 4.13. The second kappa shape index (κ2) is 5.63. The van der Waals surface area contributed by atoms with Gasteiger partial charge in [-0.15, -0.1) is 0 Å². The van der Waals surface area contributed by atoms with E-state index in [4.69, 9.17) is 0 Å². The molecule has 0 nitrogen and oxygen atoms in total. The van der Waals surface area contributed by atoms with Crippen molar-refractivity contribution in [2.75, 3.05) is 0 Å². The average molecular weight is 365 g/mol. The van der Waals surface area contributed by atoms with Crippen LogP contribution in [0.25, 0.3) is 0 Å². The lowest BCUT2D eigenvalue weighted by Crippen LogP contribution is -2.52. The van der Waals surface area contributed by atoms with Gasteiger partial charge in [-0.2, -0.15) is 34.0 Å². The zero-order chi connectivity index (χ0) is 15.1. The molecule has 0 fully saturated rings. The second-order valence-corrected chi connectivity index (χ2v) is 19.5.